The molecule has 15 heavy (non-hydrogen) atoms. The van der Waals surface area contributed by atoms with Crippen LogP contribution in [-0.4, -0.2) is 28.7 Å². The van der Waals surface area contributed by atoms with Crippen molar-refractivity contribution in [3.63, 3.8) is 0 Å². The van der Waals surface area contributed by atoms with Crippen molar-refractivity contribution in [2.75, 3.05) is 5.75 Å². The third-order valence-electron chi connectivity index (χ3n) is 1.59. The van der Waals surface area contributed by atoms with E-state index in [0.29, 0.717) is 0 Å². The highest BCUT2D eigenvalue weighted by atomic mass is 32.1. The average molecular weight is 226 g/mol. The fourth-order valence-corrected chi connectivity index (χ4v) is 0.933. The van der Waals surface area contributed by atoms with Crippen molar-refractivity contribution in [3.8, 4) is 0 Å². The van der Waals surface area contributed by atoms with Crippen LogP contribution in [0.25, 0.3) is 0 Å². The van der Waals surface area contributed by atoms with E-state index in [1.165, 1.54) is 18.5 Å². The lowest BCUT2D eigenvalue weighted by molar-refractivity contribution is -0.138. The Hall–Kier alpha value is -1.40. The van der Waals surface area contributed by atoms with Gasteiger partial charge in [-0.25, -0.2) is 9.59 Å². The predicted molar refractivity (Wildman–Crippen MR) is 56.5 cm³/mol. The van der Waals surface area contributed by atoms with Gasteiger partial charge in [0.2, 0.25) is 0 Å². The third-order valence-corrected chi connectivity index (χ3v) is 1.98. The van der Waals surface area contributed by atoms with Crippen molar-refractivity contribution in [2.45, 2.75) is 6.04 Å². The maximum Gasteiger partial charge on any atom is 0.347 e. The van der Waals surface area contributed by atoms with Crippen LogP contribution in [0.15, 0.2) is 24.5 Å². The number of hydrogen-bond donors (Lipinski definition) is 2. The summed E-state index contributed by atoms with van der Waals surface area (Å²) in [5, 5.41) is 0. The maximum atomic E-state index is 11.3. The Balaban J connectivity index is 2.61. The van der Waals surface area contributed by atoms with Crippen molar-refractivity contribution in [1.82, 2.24) is 4.98 Å². The minimum atomic E-state index is -0.894. The summed E-state index contributed by atoms with van der Waals surface area (Å²) in [6.07, 6.45) is 2.82. The molecule has 0 amide bonds. The van der Waals surface area contributed by atoms with Crippen LogP contribution < -0.4 is 5.73 Å². The number of pyridine rings is 1. The van der Waals surface area contributed by atoms with E-state index in [0.717, 1.165) is 0 Å². The zero-order valence-electron chi connectivity index (χ0n) is 7.79. The first-order valence-corrected chi connectivity index (χ1v) is 4.81. The first-order chi connectivity index (χ1) is 7.15. The fourth-order valence-electron chi connectivity index (χ4n) is 0.784. The summed E-state index contributed by atoms with van der Waals surface area (Å²) in [6.45, 7) is 0. The van der Waals surface area contributed by atoms with Crippen molar-refractivity contribution in [3.05, 3.63) is 30.1 Å². The molecule has 1 aromatic rings. The van der Waals surface area contributed by atoms with Crippen LogP contribution >= 0.6 is 12.6 Å². The molecule has 0 fully saturated rings. The van der Waals surface area contributed by atoms with Gasteiger partial charge < -0.3 is 10.5 Å². The standard InChI is InChI=1S/C9H10N2O3S/c10-7(5-15)9(13)14-8(12)6-2-1-3-11-4-6/h1-4,7,15H,5,10H2/t7-/m0/s1. The summed E-state index contributed by atoms with van der Waals surface area (Å²) in [4.78, 5) is 26.2. The van der Waals surface area contributed by atoms with Gasteiger partial charge in [0, 0.05) is 18.1 Å². The summed E-state index contributed by atoms with van der Waals surface area (Å²) in [5.74, 6) is -1.43. The van der Waals surface area contributed by atoms with Gasteiger partial charge in [-0.1, -0.05) is 0 Å². The van der Waals surface area contributed by atoms with E-state index in [9.17, 15) is 9.59 Å². The summed E-state index contributed by atoms with van der Waals surface area (Å²) in [6, 6.07) is 2.17. The molecule has 80 valence electrons. The molecule has 0 saturated carbocycles. The molecule has 6 heteroatoms. The van der Waals surface area contributed by atoms with E-state index in [2.05, 4.69) is 22.3 Å². The molecule has 5 nitrogen and oxygen atoms in total. The van der Waals surface area contributed by atoms with Gasteiger partial charge in [-0.3, -0.25) is 4.98 Å². The molecule has 1 heterocycles. The van der Waals surface area contributed by atoms with Crippen LogP contribution in [0.1, 0.15) is 10.4 Å². The Labute approximate surface area is 92.0 Å². The van der Waals surface area contributed by atoms with Crippen molar-refractivity contribution < 1.29 is 14.3 Å². The molecule has 0 aliphatic rings. The SMILES string of the molecule is N[C@@H](CS)C(=O)OC(=O)c1cccnc1. The monoisotopic (exact) mass is 226 g/mol. The molecule has 0 aromatic carbocycles. The number of thiol groups is 1. The lowest BCUT2D eigenvalue weighted by atomic mass is 10.3. The zero-order valence-corrected chi connectivity index (χ0v) is 8.68. The summed E-state index contributed by atoms with van der Waals surface area (Å²) in [5.41, 5.74) is 5.53. The first kappa shape index (κ1) is 11.7. The third kappa shape index (κ3) is 3.34. The molecule has 1 aromatic heterocycles. The fraction of sp³-hybridized carbons (Fsp3) is 0.222. The summed E-state index contributed by atoms with van der Waals surface area (Å²) < 4.78 is 4.50. The molecule has 0 saturated heterocycles. The molecule has 0 unspecified atom stereocenters. The molecule has 0 bridgehead atoms. The summed E-state index contributed by atoms with van der Waals surface area (Å²) >= 11 is 3.82. The van der Waals surface area contributed by atoms with E-state index in [-0.39, 0.29) is 11.3 Å². The van der Waals surface area contributed by atoms with E-state index in [1.807, 2.05) is 0 Å². The number of rotatable bonds is 3. The molecule has 0 spiro atoms. The van der Waals surface area contributed by atoms with Gasteiger partial charge >= 0.3 is 11.9 Å². The highest BCUT2D eigenvalue weighted by molar-refractivity contribution is 7.80. The van der Waals surface area contributed by atoms with E-state index in [1.54, 1.807) is 6.07 Å². The molecule has 0 aliphatic heterocycles. The van der Waals surface area contributed by atoms with Gasteiger partial charge in [-0.05, 0) is 12.1 Å². The van der Waals surface area contributed by atoms with E-state index >= 15 is 0 Å². The van der Waals surface area contributed by atoms with Crippen LogP contribution in [-0.2, 0) is 9.53 Å². The number of carbonyl (C=O) groups is 2. The number of carbonyl (C=O) groups excluding carboxylic acids is 2. The number of ether oxygens (including phenoxy) is 1. The smallest absolute Gasteiger partial charge is 0.347 e. The quantitative estimate of drug-likeness (QED) is 0.431. The predicted octanol–water partition coefficient (Wildman–Crippen LogP) is 0.0221. The molecule has 1 atom stereocenters. The minimum Gasteiger partial charge on any atom is -0.388 e. The molecule has 1 rings (SSSR count). The molecule has 2 N–H and O–H groups in total. The summed E-state index contributed by atoms with van der Waals surface area (Å²) in [7, 11) is 0. The van der Waals surface area contributed by atoms with Gasteiger partial charge in [0.05, 0.1) is 5.56 Å². The number of nitrogens with two attached hydrogens (primary N) is 1. The van der Waals surface area contributed by atoms with Crippen LogP contribution in [0.5, 0.6) is 0 Å². The Morgan fingerprint density at radius 2 is 2.33 bits per heavy atom. The van der Waals surface area contributed by atoms with E-state index in [4.69, 9.17) is 5.73 Å². The van der Waals surface area contributed by atoms with Gasteiger partial charge in [0.25, 0.3) is 0 Å². The number of hydrogen-bond acceptors (Lipinski definition) is 6. The lowest BCUT2D eigenvalue weighted by Crippen LogP contribution is -2.35. The van der Waals surface area contributed by atoms with Gasteiger partial charge in [-0.2, -0.15) is 12.6 Å². The second-order valence-electron chi connectivity index (χ2n) is 2.74. The van der Waals surface area contributed by atoms with Crippen LogP contribution in [0.4, 0.5) is 0 Å². The minimum absolute atomic E-state index is 0.124. The lowest BCUT2D eigenvalue weighted by Gasteiger charge is -2.06. The molecular formula is C9H10N2O3S. The van der Waals surface area contributed by atoms with Crippen molar-refractivity contribution >= 4 is 24.6 Å². The topological polar surface area (TPSA) is 82.3 Å². The van der Waals surface area contributed by atoms with Crippen molar-refractivity contribution in [2.24, 2.45) is 5.73 Å². The second-order valence-corrected chi connectivity index (χ2v) is 3.10. The Morgan fingerprint density at radius 3 is 2.87 bits per heavy atom. The van der Waals surface area contributed by atoms with E-state index < -0.39 is 18.0 Å². The second kappa shape index (κ2) is 5.47. The largest absolute Gasteiger partial charge is 0.388 e. The Morgan fingerprint density at radius 1 is 1.60 bits per heavy atom. The van der Waals surface area contributed by atoms with Crippen LogP contribution in [0, 0.1) is 0 Å². The number of esters is 2. The molecule has 0 aliphatic carbocycles. The van der Waals surface area contributed by atoms with Gasteiger partial charge in [0.15, 0.2) is 0 Å². The van der Waals surface area contributed by atoms with Crippen LogP contribution in [0.2, 0.25) is 0 Å². The molecule has 0 radical (unpaired) electrons. The van der Waals surface area contributed by atoms with Gasteiger partial charge in [-0.15, -0.1) is 0 Å². The van der Waals surface area contributed by atoms with Crippen molar-refractivity contribution in [1.29, 1.82) is 0 Å². The first-order valence-electron chi connectivity index (χ1n) is 4.17. The average Bonchev–Trinajstić information content (AvgIpc) is 2.29. The number of nitrogens with zero attached hydrogens (tertiary/aromatic N) is 1. The van der Waals surface area contributed by atoms with Crippen LogP contribution in [0.3, 0.4) is 0 Å². The zero-order chi connectivity index (χ0) is 11.3. The molecular weight excluding hydrogens is 216 g/mol. The number of aromatic nitrogens is 1. The highest BCUT2D eigenvalue weighted by Gasteiger charge is 2.18. The Bertz CT molecular complexity index is 356. The normalized spacial score (nSPS) is 11.9. The maximum absolute atomic E-state index is 11.3. The Kier molecular flexibility index (Phi) is 4.26. The highest BCUT2D eigenvalue weighted by Crippen LogP contribution is 2.00. The van der Waals surface area contributed by atoms with Gasteiger partial charge in [0.1, 0.15) is 6.04 Å².